The van der Waals surface area contributed by atoms with Gasteiger partial charge < -0.3 is 5.32 Å². The van der Waals surface area contributed by atoms with Gasteiger partial charge in [-0.15, -0.1) is 11.7 Å². The molecule has 0 spiro atoms. The van der Waals surface area contributed by atoms with Crippen LogP contribution in [0.3, 0.4) is 0 Å². The third kappa shape index (κ3) is 3.99. The Bertz CT molecular complexity index is 456. The molecule has 10 nitrogen and oxygen atoms in total. The largest absolute Gasteiger partial charge is 0.366 e. The fourth-order valence-corrected chi connectivity index (χ4v) is 1.21. The van der Waals surface area contributed by atoms with Crippen LogP contribution in [-0.2, 0) is 9.59 Å². The maximum absolute atomic E-state index is 11.3. The number of hydrogen-bond acceptors (Lipinski definition) is 6. The molecule has 1 aliphatic rings. The maximum Gasteiger partial charge on any atom is 0.366 e. The first kappa shape index (κ1) is 14.5. The highest BCUT2D eigenvalue weighted by molar-refractivity contribution is 7.80. The highest BCUT2D eigenvalue weighted by atomic mass is 32.1. The van der Waals surface area contributed by atoms with Gasteiger partial charge in [0.1, 0.15) is 0 Å². The van der Waals surface area contributed by atoms with Gasteiger partial charge in [-0.05, 0) is 12.2 Å². The van der Waals surface area contributed by atoms with Crippen molar-refractivity contribution in [2.75, 3.05) is 6.54 Å². The van der Waals surface area contributed by atoms with Crippen LogP contribution in [0.25, 0.3) is 0 Å². The normalized spacial score (nSPS) is 17.9. The number of thiocarbonyl (C=S) groups is 1. The first-order valence-electron chi connectivity index (χ1n) is 4.93. The molecular formula is C8H10N6O4S. The van der Waals surface area contributed by atoms with Crippen LogP contribution in [0.4, 0.5) is 0 Å². The third-order valence-electron chi connectivity index (χ3n) is 1.87. The van der Waals surface area contributed by atoms with Crippen LogP contribution >= 0.6 is 12.2 Å². The van der Waals surface area contributed by atoms with Crippen molar-refractivity contribution in [1.29, 1.82) is 0 Å². The lowest BCUT2D eigenvalue weighted by Gasteiger charge is -2.17. The number of amides is 2. The van der Waals surface area contributed by atoms with E-state index in [-0.39, 0.29) is 11.1 Å². The zero-order chi connectivity index (χ0) is 14.4. The lowest BCUT2D eigenvalue weighted by atomic mass is 10.2. The molecule has 2 amide bonds. The highest BCUT2D eigenvalue weighted by Gasteiger charge is 2.43. The molecule has 0 unspecified atom stereocenters. The number of rotatable bonds is 4. The Morgan fingerprint density at radius 3 is 2.58 bits per heavy atom. The monoisotopic (exact) mass is 286 g/mol. The predicted octanol–water partition coefficient (Wildman–Crippen LogP) is -2.20. The first-order chi connectivity index (χ1) is 8.95. The summed E-state index contributed by atoms with van der Waals surface area (Å²) in [4.78, 5) is 32.0. The van der Waals surface area contributed by atoms with Gasteiger partial charge in [-0.3, -0.25) is 35.8 Å². The van der Waals surface area contributed by atoms with Gasteiger partial charge in [0, 0.05) is 11.5 Å². The summed E-state index contributed by atoms with van der Waals surface area (Å²) < 4.78 is 0. The van der Waals surface area contributed by atoms with Gasteiger partial charge in [-0.2, -0.15) is 0 Å². The van der Waals surface area contributed by atoms with E-state index in [2.05, 4.69) is 33.1 Å². The summed E-state index contributed by atoms with van der Waals surface area (Å²) in [6.07, 6.45) is 1.56. The smallest absolute Gasteiger partial charge is 0.358 e. The van der Waals surface area contributed by atoms with Crippen molar-refractivity contribution in [2.45, 2.75) is 6.04 Å². The number of hydrazone groups is 1. The van der Waals surface area contributed by atoms with E-state index >= 15 is 0 Å². The second-order valence-electron chi connectivity index (χ2n) is 3.24. The van der Waals surface area contributed by atoms with E-state index < -0.39 is 22.8 Å². The van der Waals surface area contributed by atoms with Gasteiger partial charge in [0.2, 0.25) is 5.96 Å². The van der Waals surface area contributed by atoms with Crippen LogP contribution in [0.5, 0.6) is 0 Å². The summed E-state index contributed by atoms with van der Waals surface area (Å²) in [7, 11) is 0. The molecule has 1 heterocycles. The fraction of sp³-hybridized carbons (Fsp3) is 0.250. The van der Waals surface area contributed by atoms with Crippen molar-refractivity contribution in [1.82, 2.24) is 21.4 Å². The molecule has 0 radical (unpaired) electrons. The molecule has 1 aliphatic heterocycles. The van der Waals surface area contributed by atoms with E-state index in [0.29, 0.717) is 6.54 Å². The van der Waals surface area contributed by atoms with Gasteiger partial charge in [-0.1, -0.05) is 6.08 Å². The molecule has 0 saturated carbocycles. The molecule has 11 heteroatoms. The third-order valence-corrected chi connectivity index (χ3v) is 2.10. The van der Waals surface area contributed by atoms with Gasteiger partial charge in [-0.25, -0.2) is 0 Å². The van der Waals surface area contributed by atoms with E-state index in [1.165, 1.54) is 0 Å². The summed E-state index contributed by atoms with van der Waals surface area (Å²) in [6, 6.07) is -1.98. The number of nitrogens with zero attached hydrogens (tertiary/aromatic N) is 2. The molecule has 19 heavy (non-hydrogen) atoms. The van der Waals surface area contributed by atoms with Crippen molar-refractivity contribution < 1.29 is 14.5 Å². The number of nitrogens with one attached hydrogen (secondary N) is 4. The lowest BCUT2D eigenvalue weighted by molar-refractivity contribution is -0.494. The molecule has 0 aromatic carbocycles. The molecule has 102 valence electrons. The van der Waals surface area contributed by atoms with E-state index in [0.717, 1.165) is 0 Å². The number of nitro groups is 1. The minimum absolute atomic E-state index is 0.132. The van der Waals surface area contributed by atoms with Gasteiger partial charge >= 0.3 is 17.9 Å². The van der Waals surface area contributed by atoms with E-state index in [9.17, 15) is 19.7 Å². The van der Waals surface area contributed by atoms with Crippen LogP contribution < -0.4 is 21.4 Å². The Morgan fingerprint density at radius 1 is 1.53 bits per heavy atom. The quantitative estimate of drug-likeness (QED) is 0.151. The SMILES string of the molecule is C=CCNC(=S)NN=C1NC(=O)C([N+](=O)[O-])C(=O)N1. The van der Waals surface area contributed by atoms with E-state index in [4.69, 9.17) is 12.2 Å². The Kier molecular flexibility index (Phi) is 4.88. The fourth-order valence-electron chi connectivity index (χ4n) is 1.08. The molecule has 1 fully saturated rings. The van der Waals surface area contributed by atoms with Crippen molar-refractivity contribution in [3.05, 3.63) is 22.8 Å². The molecule has 1 rings (SSSR count). The Hall–Kier alpha value is -2.56. The van der Waals surface area contributed by atoms with Crippen LogP contribution in [0.15, 0.2) is 17.8 Å². The Balaban J connectivity index is 2.61. The van der Waals surface area contributed by atoms with Crippen LogP contribution in [-0.4, -0.2) is 40.4 Å². The minimum Gasteiger partial charge on any atom is -0.358 e. The summed E-state index contributed by atoms with van der Waals surface area (Å²) in [5.74, 6) is -2.41. The standard InChI is InChI=1S/C8H10N6O4S/c1-2-3-9-8(19)13-12-7-10-5(15)4(14(17)18)6(16)11-7/h2,4H,1,3H2,(H2,9,13,19)(H2,10,11,12,15,16). The van der Waals surface area contributed by atoms with Crippen molar-refractivity contribution in [3.8, 4) is 0 Å². The van der Waals surface area contributed by atoms with Gasteiger partial charge in [0.05, 0.1) is 0 Å². The molecule has 0 aliphatic carbocycles. The number of hydrogen-bond donors (Lipinski definition) is 4. The second-order valence-corrected chi connectivity index (χ2v) is 3.65. The van der Waals surface area contributed by atoms with Crippen LogP contribution in [0, 0.1) is 10.1 Å². The Labute approximate surface area is 112 Å². The average Bonchev–Trinajstić information content (AvgIpc) is 2.32. The molecular weight excluding hydrogens is 276 g/mol. The maximum atomic E-state index is 11.3. The molecule has 0 atom stereocenters. The van der Waals surface area contributed by atoms with Gasteiger partial charge in [0.25, 0.3) is 0 Å². The van der Waals surface area contributed by atoms with Crippen molar-refractivity contribution in [3.63, 3.8) is 0 Å². The molecule has 0 aromatic heterocycles. The number of guanidine groups is 1. The summed E-state index contributed by atoms with van der Waals surface area (Å²) in [5.41, 5.74) is 2.33. The summed E-state index contributed by atoms with van der Waals surface area (Å²) in [5, 5.41) is 21.0. The molecule has 4 N–H and O–H groups in total. The predicted molar refractivity (Wildman–Crippen MR) is 68.4 cm³/mol. The Morgan fingerprint density at radius 2 is 2.11 bits per heavy atom. The molecule has 0 aromatic rings. The van der Waals surface area contributed by atoms with Crippen molar-refractivity contribution in [2.24, 2.45) is 5.10 Å². The first-order valence-corrected chi connectivity index (χ1v) is 5.34. The molecule has 0 bridgehead atoms. The lowest BCUT2D eigenvalue weighted by Crippen LogP contribution is -2.62. The molecule has 1 saturated heterocycles. The number of carbonyl (C=O) groups excluding carboxylic acids is 2. The topological polar surface area (TPSA) is 138 Å². The highest BCUT2D eigenvalue weighted by Crippen LogP contribution is 1.96. The van der Waals surface area contributed by atoms with Gasteiger partial charge in [0.15, 0.2) is 5.11 Å². The summed E-state index contributed by atoms with van der Waals surface area (Å²) >= 11 is 4.80. The van der Waals surface area contributed by atoms with E-state index in [1.807, 2.05) is 0 Å². The van der Waals surface area contributed by atoms with Crippen molar-refractivity contribution >= 4 is 35.1 Å². The zero-order valence-electron chi connectivity index (χ0n) is 9.50. The average molecular weight is 286 g/mol. The zero-order valence-corrected chi connectivity index (χ0v) is 10.3. The minimum atomic E-state index is -1.98. The summed E-state index contributed by atoms with van der Waals surface area (Å²) in [6.45, 7) is 3.87. The van der Waals surface area contributed by atoms with E-state index in [1.54, 1.807) is 6.08 Å². The van der Waals surface area contributed by atoms with Crippen LogP contribution in [0.1, 0.15) is 0 Å². The number of carbonyl (C=O) groups is 2. The van der Waals surface area contributed by atoms with Crippen LogP contribution in [0.2, 0.25) is 0 Å². The second kappa shape index (κ2) is 6.39.